The van der Waals surface area contributed by atoms with Gasteiger partial charge in [-0.2, -0.15) is 0 Å². The Balaban J connectivity index is 1.70. The fraction of sp³-hybridized carbons (Fsp3) is 0.462. The van der Waals surface area contributed by atoms with E-state index >= 15 is 0 Å². The highest BCUT2D eigenvalue weighted by Crippen LogP contribution is 2.54. The first-order chi connectivity index (χ1) is 9.08. The van der Waals surface area contributed by atoms with Gasteiger partial charge in [0, 0.05) is 17.7 Å². The summed E-state index contributed by atoms with van der Waals surface area (Å²) in [4.78, 5) is 7.82. The fourth-order valence-corrected chi connectivity index (χ4v) is 3.74. The van der Waals surface area contributed by atoms with Gasteiger partial charge >= 0.3 is 0 Å². The zero-order valence-electron chi connectivity index (χ0n) is 10.5. The van der Waals surface area contributed by atoms with Crippen LogP contribution in [0.5, 0.6) is 5.75 Å². The molecule has 3 rings (SSSR count). The van der Waals surface area contributed by atoms with Crippen LogP contribution in [0.2, 0.25) is 0 Å². The van der Waals surface area contributed by atoms with E-state index in [1.165, 1.54) is 0 Å². The lowest BCUT2D eigenvalue weighted by atomic mass is 10.3. The van der Waals surface area contributed by atoms with Gasteiger partial charge in [0.05, 0.1) is 17.6 Å². The van der Waals surface area contributed by atoms with Crippen molar-refractivity contribution in [2.45, 2.75) is 22.8 Å². The first kappa shape index (κ1) is 13.4. The van der Waals surface area contributed by atoms with Crippen molar-refractivity contribution in [3.63, 3.8) is 0 Å². The molecule has 6 heteroatoms. The molecule has 0 aliphatic heterocycles. The van der Waals surface area contributed by atoms with Crippen LogP contribution in [-0.4, -0.2) is 26.7 Å². The average molecular weight is 317 g/mol. The molecule has 1 aromatic heterocycles. The molecule has 1 fully saturated rings. The van der Waals surface area contributed by atoms with E-state index in [1.54, 1.807) is 11.8 Å². The first-order valence-electron chi connectivity index (χ1n) is 6.21. The Labute approximate surface area is 126 Å². The minimum atomic E-state index is -0.513. The van der Waals surface area contributed by atoms with E-state index in [0.717, 1.165) is 34.1 Å². The summed E-state index contributed by atoms with van der Waals surface area (Å²) in [7, 11) is 0. The zero-order valence-corrected chi connectivity index (χ0v) is 12.8. The van der Waals surface area contributed by atoms with Gasteiger partial charge in [0.2, 0.25) is 0 Å². The van der Waals surface area contributed by atoms with Crippen molar-refractivity contribution >= 4 is 46.0 Å². The normalized spacial score (nSPS) is 20.7. The van der Waals surface area contributed by atoms with Crippen molar-refractivity contribution < 1.29 is 4.74 Å². The van der Waals surface area contributed by atoms with Crippen LogP contribution in [0.15, 0.2) is 23.4 Å². The molecule has 1 aliphatic carbocycles. The van der Waals surface area contributed by atoms with Gasteiger partial charge in [-0.05, 0) is 25.5 Å². The van der Waals surface area contributed by atoms with Crippen molar-refractivity contribution in [3.05, 3.63) is 18.2 Å². The van der Waals surface area contributed by atoms with Gasteiger partial charge in [-0.1, -0.05) is 11.8 Å². The molecule has 1 saturated carbocycles. The van der Waals surface area contributed by atoms with Gasteiger partial charge in [0.25, 0.3) is 0 Å². The maximum absolute atomic E-state index is 6.01. The van der Waals surface area contributed by atoms with Crippen LogP contribution < -0.4 is 4.74 Å². The number of H-pyrrole nitrogens is 1. The molecule has 0 amide bonds. The number of hydrogen-bond acceptors (Lipinski definition) is 3. The Morgan fingerprint density at radius 1 is 1.53 bits per heavy atom. The summed E-state index contributed by atoms with van der Waals surface area (Å²) < 4.78 is 4.96. The van der Waals surface area contributed by atoms with Gasteiger partial charge in [-0.3, -0.25) is 0 Å². The Bertz CT molecular complexity index is 599. The van der Waals surface area contributed by atoms with E-state index in [9.17, 15) is 0 Å². The van der Waals surface area contributed by atoms with Crippen molar-refractivity contribution in [3.8, 4) is 5.75 Å². The molecule has 0 unspecified atom stereocenters. The Morgan fingerprint density at radius 2 is 2.32 bits per heavy atom. The molecule has 1 aliphatic rings. The molecule has 1 N–H and O–H groups in total. The number of rotatable bonds is 5. The molecule has 102 valence electrons. The van der Waals surface area contributed by atoms with Gasteiger partial charge in [-0.15, -0.1) is 23.2 Å². The number of nitrogens with zero attached hydrogens (tertiary/aromatic N) is 1. The third kappa shape index (κ3) is 2.96. The third-order valence-corrected chi connectivity index (χ3v) is 5.08. The van der Waals surface area contributed by atoms with Crippen LogP contribution in [0.25, 0.3) is 11.0 Å². The quantitative estimate of drug-likeness (QED) is 0.662. The second kappa shape index (κ2) is 5.08. The minimum absolute atomic E-state index is 0.369. The van der Waals surface area contributed by atoms with Gasteiger partial charge in [0.1, 0.15) is 10.1 Å². The van der Waals surface area contributed by atoms with E-state index < -0.39 is 4.33 Å². The van der Waals surface area contributed by atoms with Crippen molar-refractivity contribution in [1.29, 1.82) is 0 Å². The highest BCUT2D eigenvalue weighted by atomic mass is 35.5. The van der Waals surface area contributed by atoms with Gasteiger partial charge in [0.15, 0.2) is 5.16 Å². The molecule has 3 nitrogen and oxygen atoms in total. The lowest BCUT2D eigenvalue weighted by Crippen LogP contribution is -1.93. The fourth-order valence-electron chi connectivity index (χ4n) is 1.92. The topological polar surface area (TPSA) is 37.9 Å². The smallest absolute Gasteiger partial charge is 0.166 e. The Kier molecular flexibility index (Phi) is 3.58. The molecule has 0 spiro atoms. The monoisotopic (exact) mass is 316 g/mol. The molecule has 0 bridgehead atoms. The number of benzene rings is 1. The molecular weight excluding hydrogens is 303 g/mol. The molecule has 1 atom stereocenters. The summed E-state index contributed by atoms with van der Waals surface area (Å²) in [6.45, 7) is 2.63. The number of fused-ring (bicyclic) bond motifs is 1. The van der Waals surface area contributed by atoms with Gasteiger partial charge < -0.3 is 9.72 Å². The predicted molar refractivity (Wildman–Crippen MR) is 80.5 cm³/mol. The average Bonchev–Trinajstić information content (AvgIpc) is 2.81. The zero-order chi connectivity index (χ0) is 13.5. The third-order valence-electron chi connectivity index (χ3n) is 3.12. The molecule has 0 radical (unpaired) electrons. The molecule has 1 aromatic carbocycles. The number of aromatic amines is 1. The Hall–Kier alpha value is -0.580. The molecule has 2 aromatic rings. The number of ether oxygens (including phenoxy) is 1. The lowest BCUT2D eigenvalue weighted by molar-refractivity contribution is 0.340. The number of nitrogens with one attached hydrogen (secondary N) is 1. The van der Waals surface area contributed by atoms with E-state index in [0.29, 0.717) is 12.5 Å². The highest BCUT2D eigenvalue weighted by molar-refractivity contribution is 7.99. The number of hydrogen-bond donors (Lipinski definition) is 1. The number of imidazole rings is 1. The van der Waals surface area contributed by atoms with E-state index in [1.807, 2.05) is 25.1 Å². The number of alkyl halides is 2. The summed E-state index contributed by atoms with van der Waals surface area (Å²) >= 11 is 13.7. The number of thioether (sulfide) groups is 1. The summed E-state index contributed by atoms with van der Waals surface area (Å²) in [6.07, 6.45) is 0.873. The summed E-state index contributed by atoms with van der Waals surface area (Å²) in [5, 5.41) is 0.902. The number of halogens is 2. The van der Waals surface area contributed by atoms with Crippen LogP contribution in [0, 0.1) is 5.92 Å². The van der Waals surface area contributed by atoms with Gasteiger partial charge in [-0.25, -0.2) is 4.98 Å². The summed E-state index contributed by atoms with van der Waals surface area (Å²) in [5.41, 5.74) is 1.94. The second-order valence-corrected chi connectivity index (χ2v) is 7.18. The molecule has 0 saturated heterocycles. The standard InChI is InChI=1S/C13H14Cl2N2OS/c1-2-18-9-3-4-10-11(5-9)17-12(16-10)19-7-8-6-13(8,14)15/h3-5,8H,2,6-7H2,1H3,(H,16,17)/t8-/m0/s1. The van der Waals surface area contributed by atoms with Crippen LogP contribution in [-0.2, 0) is 0 Å². The van der Waals surface area contributed by atoms with Crippen molar-refractivity contribution in [1.82, 2.24) is 9.97 Å². The summed E-state index contributed by atoms with van der Waals surface area (Å²) in [6, 6.07) is 5.87. The Morgan fingerprint density at radius 3 is 3.00 bits per heavy atom. The highest BCUT2D eigenvalue weighted by Gasteiger charge is 2.51. The second-order valence-electron chi connectivity index (χ2n) is 4.63. The predicted octanol–water partition coefficient (Wildman–Crippen LogP) is 4.25. The number of aromatic nitrogens is 2. The maximum atomic E-state index is 6.01. The molecule has 19 heavy (non-hydrogen) atoms. The largest absolute Gasteiger partial charge is 0.494 e. The van der Waals surface area contributed by atoms with Crippen LogP contribution in [0.1, 0.15) is 13.3 Å². The van der Waals surface area contributed by atoms with E-state index in [2.05, 4.69) is 9.97 Å². The van der Waals surface area contributed by atoms with Crippen molar-refractivity contribution in [2.24, 2.45) is 5.92 Å². The van der Waals surface area contributed by atoms with E-state index in [4.69, 9.17) is 27.9 Å². The van der Waals surface area contributed by atoms with Crippen LogP contribution in [0.3, 0.4) is 0 Å². The van der Waals surface area contributed by atoms with E-state index in [-0.39, 0.29) is 0 Å². The first-order valence-corrected chi connectivity index (χ1v) is 7.96. The summed E-state index contributed by atoms with van der Waals surface area (Å²) in [5.74, 6) is 2.12. The molecule has 1 heterocycles. The van der Waals surface area contributed by atoms with Crippen LogP contribution in [0.4, 0.5) is 0 Å². The van der Waals surface area contributed by atoms with Crippen molar-refractivity contribution in [2.75, 3.05) is 12.4 Å². The lowest BCUT2D eigenvalue weighted by Gasteiger charge is -2.00. The molecular formula is C13H14Cl2N2OS. The minimum Gasteiger partial charge on any atom is -0.494 e. The SMILES string of the molecule is CCOc1ccc2nc(SC[C@@H]3CC3(Cl)Cl)[nH]c2c1. The van der Waals surface area contributed by atoms with Crippen LogP contribution >= 0.6 is 35.0 Å². The maximum Gasteiger partial charge on any atom is 0.166 e.